The van der Waals surface area contributed by atoms with E-state index in [1.54, 1.807) is 6.07 Å². The number of ether oxygens (including phenoxy) is 2. The number of hydrogen-bond donors (Lipinski definition) is 2. The smallest absolute Gasteiger partial charge is 0.337 e. The van der Waals surface area contributed by atoms with E-state index >= 15 is 0 Å². The quantitative estimate of drug-likeness (QED) is 0.724. The lowest BCUT2D eigenvalue weighted by atomic mass is 10.2. The van der Waals surface area contributed by atoms with Crippen molar-refractivity contribution in [2.24, 2.45) is 0 Å². The maximum Gasteiger partial charge on any atom is 0.337 e. The van der Waals surface area contributed by atoms with E-state index in [0.717, 1.165) is 0 Å². The number of benzene rings is 2. The number of esters is 1. The number of rotatable bonds is 4. The monoisotopic (exact) mass is 400 g/mol. The minimum atomic E-state index is -0.997. The fourth-order valence-corrected chi connectivity index (χ4v) is 2.14. The van der Waals surface area contributed by atoms with E-state index in [1.807, 2.05) is 13.8 Å². The molecule has 0 spiro atoms. The summed E-state index contributed by atoms with van der Waals surface area (Å²) in [6.45, 7) is 3.75. The van der Waals surface area contributed by atoms with Crippen LogP contribution in [0.4, 0.5) is 0 Å². The SMILES string of the molecule is CC(C)Oc1ccc(C(=O)O)cc1Cl.COC(=O)c1ccc(O)c(Cl)c1. The highest BCUT2D eigenvalue weighted by atomic mass is 35.5. The molecular formula is C18H18Cl2O6. The molecule has 0 amide bonds. The van der Waals surface area contributed by atoms with Gasteiger partial charge in [0, 0.05) is 0 Å². The van der Waals surface area contributed by atoms with E-state index in [-0.39, 0.29) is 22.4 Å². The topological polar surface area (TPSA) is 93.1 Å². The van der Waals surface area contributed by atoms with Crippen molar-refractivity contribution in [2.75, 3.05) is 7.11 Å². The highest BCUT2D eigenvalue weighted by Gasteiger charge is 2.09. The molecule has 2 aromatic rings. The molecule has 2 N–H and O–H groups in total. The van der Waals surface area contributed by atoms with Crippen LogP contribution in [0.5, 0.6) is 11.5 Å². The average Bonchev–Trinajstić information content (AvgIpc) is 2.58. The molecule has 0 saturated carbocycles. The van der Waals surface area contributed by atoms with Gasteiger partial charge in [0.2, 0.25) is 0 Å². The van der Waals surface area contributed by atoms with Crippen molar-refractivity contribution in [1.82, 2.24) is 0 Å². The zero-order valence-corrected chi connectivity index (χ0v) is 15.8. The van der Waals surface area contributed by atoms with Gasteiger partial charge in [0.1, 0.15) is 11.5 Å². The van der Waals surface area contributed by atoms with E-state index in [0.29, 0.717) is 16.3 Å². The van der Waals surface area contributed by atoms with Crippen LogP contribution in [-0.4, -0.2) is 35.4 Å². The Morgan fingerprint density at radius 1 is 1.00 bits per heavy atom. The Bertz CT molecular complexity index is 789. The number of hydrogen-bond acceptors (Lipinski definition) is 5. The Hall–Kier alpha value is -2.44. The number of carbonyl (C=O) groups is 2. The number of carboxylic acids is 1. The Morgan fingerprint density at radius 3 is 2.04 bits per heavy atom. The molecule has 0 aromatic heterocycles. The Labute approximate surface area is 160 Å². The maximum atomic E-state index is 10.9. The van der Waals surface area contributed by atoms with Crippen molar-refractivity contribution < 1.29 is 29.3 Å². The summed E-state index contributed by atoms with van der Waals surface area (Å²) in [5, 5.41) is 18.2. The van der Waals surface area contributed by atoms with Gasteiger partial charge in [-0.05, 0) is 50.2 Å². The largest absolute Gasteiger partial charge is 0.506 e. The van der Waals surface area contributed by atoms with Gasteiger partial charge >= 0.3 is 11.9 Å². The van der Waals surface area contributed by atoms with E-state index < -0.39 is 11.9 Å². The van der Waals surface area contributed by atoms with Gasteiger partial charge in [-0.25, -0.2) is 9.59 Å². The first-order chi connectivity index (χ1) is 12.1. The Balaban J connectivity index is 0.000000263. The molecule has 2 rings (SSSR count). The van der Waals surface area contributed by atoms with Gasteiger partial charge in [-0.15, -0.1) is 0 Å². The summed E-state index contributed by atoms with van der Waals surface area (Å²) < 4.78 is 9.81. The molecule has 140 valence electrons. The van der Waals surface area contributed by atoms with Crippen LogP contribution in [-0.2, 0) is 4.74 Å². The lowest BCUT2D eigenvalue weighted by Gasteiger charge is -2.11. The predicted octanol–water partition coefficient (Wildman–Crippen LogP) is 4.66. The zero-order chi connectivity index (χ0) is 19.9. The molecular weight excluding hydrogens is 383 g/mol. The average molecular weight is 401 g/mol. The van der Waals surface area contributed by atoms with Crippen molar-refractivity contribution in [2.45, 2.75) is 20.0 Å². The summed E-state index contributed by atoms with van der Waals surface area (Å²) >= 11 is 11.4. The van der Waals surface area contributed by atoms with E-state index in [9.17, 15) is 9.59 Å². The second-order valence-electron chi connectivity index (χ2n) is 5.27. The normalized spacial score (nSPS) is 9.92. The zero-order valence-electron chi connectivity index (χ0n) is 14.3. The molecule has 0 bridgehead atoms. The van der Waals surface area contributed by atoms with Crippen molar-refractivity contribution in [3.63, 3.8) is 0 Å². The summed E-state index contributed by atoms with van der Waals surface area (Å²) in [5.74, 6) is -1.02. The molecule has 0 aliphatic rings. The van der Waals surface area contributed by atoms with Gasteiger partial charge in [-0.1, -0.05) is 23.2 Å². The summed E-state index contributed by atoms with van der Waals surface area (Å²) in [5.41, 5.74) is 0.478. The number of halogens is 2. The van der Waals surface area contributed by atoms with Crippen LogP contribution in [0.15, 0.2) is 36.4 Å². The van der Waals surface area contributed by atoms with Crippen LogP contribution in [0, 0.1) is 0 Å². The molecule has 0 heterocycles. The molecule has 0 aliphatic carbocycles. The van der Waals surface area contributed by atoms with Gasteiger partial charge in [-0.2, -0.15) is 0 Å². The van der Waals surface area contributed by atoms with Gasteiger partial charge in [0.05, 0.1) is 34.4 Å². The second-order valence-corrected chi connectivity index (χ2v) is 6.09. The molecule has 26 heavy (non-hydrogen) atoms. The standard InChI is InChI=1S/C10H11ClO3.C8H7ClO3/c1-6(2)14-9-4-3-7(10(12)13)5-8(9)11;1-12-8(11)5-2-3-7(10)6(9)4-5/h3-6H,1-2H3,(H,12,13);2-4,10H,1H3. The number of phenolic OH excluding ortho intramolecular Hbond substituents is 1. The van der Waals surface area contributed by atoms with Crippen molar-refractivity contribution >= 4 is 35.1 Å². The summed E-state index contributed by atoms with van der Waals surface area (Å²) in [6, 6.07) is 8.53. The van der Waals surface area contributed by atoms with Gasteiger partial charge in [-0.3, -0.25) is 0 Å². The minimum Gasteiger partial charge on any atom is -0.506 e. The van der Waals surface area contributed by atoms with Crippen LogP contribution in [0.3, 0.4) is 0 Å². The minimum absolute atomic E-state index is 0.0168. The molecule has 0 fully saturated rings. The van der Waals surface area contributed by atoms with Crippen LogP contribution in [0.25, 0.3) is 0 Å². The van der Waals surface area contributed by atoms with Crippen LogP contribution in [0.2, 0.25) is 10.0 Å². The third-order valence-corrected chi connectivity index (χ3v) is 3.51. The van der Waals surface area contributed by atoms with E-state index in [2.05, 4.69) is 4.74 Å². The number of carbonyl (C=O) groups excluding carboxylic acids is 1. The molecule has 0 saturated heterocycles. The first-order valence-corrected chi connectivity index (χ1v) is 8.17. The van der Waals surface area contributed by atoms with Crippen LogP contribution in [0.1, 0.15) is 34.6 Å². The summed E-state index contributed by atoms with van der Waals surface area (Å²) in [4.78, 5) is 21.5. The van der Waals surface area contributed by atoms with Crippen molar-refractivity contribution in [1.29, 1.82) is 0 Å². The number of aromatic hydroxyl groups is 1. The lowest BCUT2D eigenvalue weighted by molar-refractivity contribution is 0.0599. The lowest BCUT2D eigenvalue weighted by Crippen LogP contribution is -2.06. The van der Waals surface area contributed by atoms with E-state index in [1.165, 1.54) is 37.4 Å². The molecule has 0 radical (unpaired) electrons. The van der Waals surface area contributed by atoms with Crippen LogP contribution < -0.4 is 4.74 Å². The van der Waals surface area contributed by atoms with Crippen molar-refractivity contribution in [3.05, 3.63) is 57.6 Å². The fraction of sp³-hybridized carbons (Fsp3) is 0.222. The molecule has 0 unspecified atom stereocenters. The summed E-state index contributed by atoms with van der Waals surface area (Å²) in [7, 11) is 1.28. The Morgan fingerprint density at radius 2 is 1.58 bits per heavy atom. The highest BCUT2D eigenvalue weighted by Crippen LogP contribution is 2.26. The van der Waals surface area contributed by atoms with Gasteiger partial charge < -0.3 is 19.7 Å². The summed E-state index contributed by atoms with van der Waals surface area (Å²) in [6.07, 6.45) is 0.0168. The molecule has 6 nitrogen and oxygen atoms in total. The maximum absolute atomic E-state index is 10.9. The van der Waals surface area contributed by atoms with Gasteiger partial charge in [0.15, 0.2) is 0 Å². The Kier molecular flexibility index (Phi) is 8.22. The number of methoxy groups -OCH3 is 1. The fourth-order valence-electron chi connectivity index (χ4n) is 1.74. The number of aromatic carboxylic acids is 1. The molecule has 0 aliphatic heterocycles. The molecule has 8 heteroatoms. The molecule has 0 atom stereocenters. The first-order valence-electron chi connectivity index (χ1n) is 7.42. The second kappa shape index (κ2) is 9.89. The van der Waals surface area contributed by atoms with Gasteiger partial charge in [0.25, 0.3) is 0 Å². The first kappa shape index (κ1) is 21.6. The number of carboxylic acid groups (broad SMARTS) is 1. The molecule has 2 aromatic carbocycles. The third-order valence-electron chi connectivity index (χ3n) is 2.91. The predicted molar refractivity (Wildman–Crippen MR) is 98.6 cm³/mol. The highest BCUT2D eigenvalue weighted by molar-refractivity contribution is 6.32. The number of phenols is 1. The van der Waals surface area contributed by atoms with E-state index in [4.69, 9.17) is 38.2 Å². The third kappa shape index (κ3) is 6.46. The van der Waals surface area contributed by atoms with Crippen LogP contribution >= 0.6 is 23.2 Å². The van der Waals surface area contributed by atoms with Crippen molar-refractivity contribution in [3.8, 4) is 11.5 Å².